The van der Waals surface area contributed by atoms with Crippen LogP contribution in [0.5, 0.6) is 0 Å². The topological polar surface area (TPSA) is 34.0 Å². The minimum atomic E-state index is -0.438. The first-order valence-electron chi connectivity index (χ1n) is 6.05. The lowest BCUT2D eigenvalue weighted by atomic mass is 10.2. The summed E-state index contributed by atoms with van der Waals surface area (Å²) in [7, 11) is 2.08. The highest BCUT2D eigenvalue weighted by atomic mass is 19.1. The Hall–Kier alpha value is -1.75. The highest BCUT2D eigenvalue weighted by Crippen LogP contribution is 2.29. The van der Waals surface area contributed by atoms with Gasteiger partial charge in [0.15, 0.2) is 0 Å². The van der Waals surface area contributed by atoms with E-state index in [0.717, 1.165) is 24.6 Å². The summed E-state index contributed by atoms with van der Waals surface area (Å²) in [5.74, 6) is 0.550. The van der Waals surface area contributed by atoms with E-state index in [1.807, 2.05) is 0 Å². The Kier molecular flexibility index (Phi) is 2.63. The van der Waals surface area contributed by atoms with Gasteiger partial charge in [0.25, 0.3) is 0 Å². The summed E-state index contributed by atoms with van der Waals surface area (Å²) in [4.78, 5) is 10.4. The molecule has 0 spiro atoms. The molecule has 0 saturated carbocycles. The SMILES string of the molecule is CC1c2ncc(-c3cccnc3F)n2CCN1C. The summed E-state index contributed by atoms with van der Waals surface area (Å²) < 4.78 is 15.8. The molecule has 0 saturated heterocycles. The Morgan fingerprint density at radius 1 is 1.33 bits per heavy atom. The fourth-order valence-corrected chi connectivity index (χ4v) is 2.40. The van der Waals surface area contributed by atoms with Crippen molar-refractivity contribution in [2.45, 2.75) is 19.5 Å². The summed E-state index contributed by atoms with van der Waals surface area (Å²) in [5, 5.41) is 0. The molecule has 3 heterocycles. The molecule has 4 nitrogen and oxygen atoms in total. The third-order valence-corrected chi connectivity index (χ3v) is 3.63. The quantitative estimate of drug-likeness (QED) is 0.722. The van der Waals surface area contributed by atoms with Gasteiger partial charge in [-0.25, -0.2) is 9.97 Å². The van der Waals surface area contributed by atoms with Gasteiger partial charge in [0.2, 0.25) is 5.95 Å². The van der Waals surface area contributed by atoms with Crippen LogP contribution in [0.3, 0.4) is 0 Å². The van der Waals surface area contributed by atoms with Crippen LogP contribution in [-0.4, -0.2) is 33.0 Å². The average molecular weight is 246 g/mol. The number of hydrogen-bond donors (Lipinski definition) is 0. The maximum atomic E-state index is 13.7. The van der Waals surface area contributed by atoms with Crippen molar-refractivity contribution < 1.29 is 4.39 Å². The van der Waals surface area contributed by atoms with Crippen molar-refractivity contribution in [3.8, 4) is 11.3 Å². The summed E-state index contributed by atoms with van der Waals surface area (Å²) in [6.45, 7) is 3.89. The molecule has 0 aliphatic carbocycles. The van der Waals surface area contributed by atoms with Crippen LogP contribution < -0.4 is 0 Å². The molecule has 0 aromatic carbocycles. The molecule has 0 bridgehead atoms. The lowest BCUT2D eigenvalue weighted by molar-refractivity contribution is 0.206. The molecule has 18 heavy (non-hydrogen) atoms. The van der Waals surface area contributed by atoms with Crippen molar-refractivity contribution in [2.75, 3.05) is 13.6 Å². The highest BCUT2D eigenvalue weighted by Gasteiger charge is 2.25. The molecule has 1 aliphatic heterocycles. The lowest BCUT2D eigenvalue weighted by Gasteiger charge is -2.31. The summed E-state index contributed by atoms with van der Waals surface area (Å²) in [6.07, 6.45) is 3.20. The van der Waals surface area contributed by atoms with Gasteiger partial charge < -0.3 is 4.57 Å². The normalized spacial score (nSPS) is 19.8. The molecule has 0 N–H and O–H groups in total. The van der Waals surface area contributed by atoms with Crippen molar-refractivity contribution >= 4 is 0 Å². The van der Waals surface area contributed by atoms with Gasteiger partial charge in [-0.3, -0.25) is 4.90 Å². The van der Waals surface area contributed by atoms with Crippen LogP contribution in [-0.2, 0) is 6.54 Å². The van der Waals surface area contributed by atoms with Crippen LogP contribution in [0.15, 0.2) is 24.5 Å². The van der Waals surface area contributed by atoms with Crippen LogP contribution in [0.2, 0.25) is 0 Å². The number of fused-ring (bicyclic) bond motifs is 1. The number of imidazole rings is 1. The first-order valence-corrected chi connectivity index (χ1v) is 6.05. The fourth-order valence-electron chi connectivity index (χ4n) is 2.40. The van der Waals surface area contributed by atoms with Crippen molar-refractivity contribution in [3.05, 3.63) is 36.3 Å². The predicted octanol–water partition coefficient (Wildman–Crippen LogP) is 2.09. The van der Waals surface area contributed by atoms with E-state index in [-0.39, 0.29) is 6.04 Å². The number of hydrogen-bond acceptors (Lipinski definition) is 3. The van der Waals surface area contributed by atoms with Crippen molar-refractivity contribution in [3.63, 3.8) is 0 Å². The van der Waals surface area contributed by atoms with Crippen molar-refractivity contribution in [1.29, 1.82) is 0 Å². The van der Waals surface area contributed by atoms with E-state index in [1.165, 1.54) is 6.20 Å². The van der Waals surface area contributed by atoms with Crippen LogP contribution in [0.4, 0.5) is 4.39 Å². The van der Waals surface area contributed by atoms with E-state index in [2.05, 4.69) is 33.4 Å². The van der Waals surface area contributed by atoms with Gasteiger partial charge >= 0.3 is 0 Å². The molecule has 0 radical (unpaired) electrons. The smallest absolute Gasteiger partial charge is 0.222 e. The fraction of sp³-hybridized carbons (Fsp3) is 0.385. The molecule has 0 amide bonds. The Labute approximate surface area is 105 Å². The van der Waals surface area contributed by atoms with E-state index in [4.69, 9.17) is 0 Å². The second-order valence-corrected chi connectivity index (χ2v) is 4.65. The Morgan fingerprint density at radius 3 is 2.94 bits per heavy atom. The Bertz CT molecular complexity index is 578. The molecule has 2 aromatic heterocycles. The molecule has 3 rings (SSSR count). The van der Waals surface area contributed by atoms with Gasteiger partial charge in [-0.15, -0.1) is 0 Å². The van der Waals surface area contributed by atoms with E-state index < -0.39 is 5.95 Å². The van der Waals surface area contributed by atoms with Crippen molar-refractivity contribution in [2.24, 2.45) is 0 Å². The number of nitrogens with zero attached hydrogens (tertiary/aromatic N) is 4. The predicted molar refractivity (Wildman–Crippen MR) is 66.5 cm³/mol. The lowest BCUT2D eigenvalue weighted by Crippen LogP contribution is -2.34. The standard InChI is InChI=1S/C13H15FN4/c1-9-13-16-8-11(18(13)7-6-17(9)2)10-4-3-5-15-12(10)14/h3-5,8-9H,6-7H2,1-2H3. The summed E-state index contributed by atoms with van der Waals surface area (Å²) in [6, 6.07) is 3.75. The summed E-state index contributed by atoms with van der Waals surface area (Å²) >= 11 is 0. The maximum Gasteiger partial charge on any atom is 0.222 e. The molecule has 94 valence electrons. The third kappa shape index (κ3) is 1.62. The van der Waals surface area contributed by atoms with E-state index in [9.17, 15) is 4.39 Å². The zero-order valence-corrected chi connectivity index (χ0v) is 10.5. The Morgan fingerprint density at radius 2 is 2.17 bits per heavy atom. The monoisotopic (exact) mass is 246 g/mol. The molecule has 5 heteroatoms. The number of likely N-dealkylation sites (N-methyl/N-ethyl adjacent to an activating group) is 1. The number of pyridine rings is 1. The minimum absolute atomic E-state index is 0.257. The van der Waals surface area contributed by atoms with Gasteiger partial charge in [-0.1, -0.05) is 0 Å². The molecular formula is C13H15FN4. The van der Waals surface area contributed by atoms with Gasteiger partial charge in [0, 0.05) is 19.3 Å². The third-order valence-electron chi connectivity index (χ3n) is 3.63. The second-order valence-electron chi connectivity index (χ2n) is 4.65. The largest absolute Gasteiger partial charge is 0.325 e. The minimum Gasteiger partial charge on any atom is -0.325 e. The number of aromatic nitrogens is 3. The van der Waals surface area contributed by atoms with Gasteiger partial charge in [-0.05, 0) is 26.1 Å². The number of rotatable bonds is 1. The first-order chi connectivity index (χ1) is 8.68. The maximum absolute atomic E-state index is 13.7. The average Bonchev–Trinajstić information content (AvgIpc) is 2.79. The molecule has 1 atom stereocenters. The van der Waals surface area contributed by atoms with Crippen LogP contribution in [0, 0.1) is 5.95 Å². The van der Waals surface area contributed by atoms with Gasteiger partial charge in [-0.2, -0.15) is 4.39 Å². The summed E-state index contributed by atoms with van der Waals surface area (Å²) in [5.41, 5.74) is 1.34. The van der Waals surface area contributed by atoms with Crippen LogP contribution in [0.25, 0.3) is 11.3 Å². The second kappa shape index (κ2) is 4.17. The van der Waals surface area contributed by atoms with Crippen LogP contribution >= 0.6 is 0 Å². The van der Waals surface area contributed by atoms with Crippen molar-refractivity contribution in [1.82, 2.24) is 19.4 Å². The zero-order chi connectivity index (χ0) is 12.7. The molecule has 2 aromatic rings. The van der Waals surface area contributed by atoms with Crippen LogP contribution in [0.1, 0.15) is 18.8 Å². The first kappa shape index (κ1) is 11.3. The Balaban J connectivity index is 2.11. The zero-order valence-electron chi connectivity index (χ0n) is 10.5. The van der Waals surface area contributed by atoms with E-state index in [1.54, 1.807) is 18.3 Å². The van der Waals surface area contributed by atoms with Gasteiger partial charge in [0.05, 0.1) is 23.5 Å². The number of halogens is 1. The van der Waals surface area contributed by atoms with E-state index in [0.29, 0.717) is 5.56 Å². The highest BCUT2D eigenvalue weighted by molar-refractivity contribution is 5.59. The van der Waals surface area contributed by atoms with E-state index >= 15 is 0 Å². The molecular weight excluding hydrogens is 231 g/mol. The van der Waals surface area contributed by atoms with Gasteiger partial charge in [0.1, 0.15) is 5.82 Å². The molecule has 1 aliphatic rings. The molecule has 1 unspecified atom stereocenters. The molecule has 0 fully saturated rings.